The van der Waals surface area contributed by atoms with Gasteiger partial charge in [0.15, 0.2) is 11.5 Å². The van der Waals surface area contributed by atoms with Crippen LogP contribution in [-0.4, -0.2) is 20.8 Å². The standard InChI is InChI=1S/C12H14BrO3/c1-14-10-6-5-9(13)11(15-2)12(10)16-7-8-3-4-8/h6,8H,3-4,7H2,1-2H3. The molecule has 0 N–H and O–H groups in total. The summed E-state index contributed by atoms with van der Waals surface area (Å²) in [4.78, 5) is 0. The van der Waals surface area contributed by atoms with Crippen LogP contribution < -0.4 is 14.2 Å². The summed E-state index contributed by atoms with van der Waals surface area (Å²) >= 11 is 3.38. The van der Waals surface area contributed by atoms with Gasteiger partial charge in [0.05, 0.1) is 25.3 Å². The Bertz CT molecular complexity index is 375. The van der Waals surface area contributed by atoms with Crippen LogP contribution in [0.3, 0.4) is 0 Å². The van der Waals surface area contributed by atoms with Gasteiger partial charge in [0, 0.05) is 6.07 Å². The summed E-state index contributed by atoms with van der Waals surface area (Å²) in [5.41, 5.74) is 0. The fourth-order valence-corrected chi connectivity index (χ4v) is 1.88. The Hall–Kier alpha value is -0.900. The molecule has 1 aromatic carbocycles. The first-order valence-corrected chi connectivity index (χ1v) is 6.00. The first kappa shape index (κ1) is 11.6. The summed E-state index contributed by atoms with van der Waals surface area (Å²) in [6, 6.07) is 4.75. The Balaban J connectivity index is 2.24. The molecule has 3 nitrogen and oxygen atoms in total. The maximum Gasteiger partial charge on any atom is 0.204 e. The van der Waals surface area contributed by atoms with Crippen LogP contribution in [0.4, 0.5) is 0 Å². The van der Waals surface area contributed by atoms with Gasteiger partial charge in [-0.15, -0.1) is 0 Å². The van der Waals surface area contributed by atoms with Crippen LogP contribution in [0.25, 0.3) is 0 Å². The number of ether oxygens (including phenoxy) is 3. The zero-order chi connectivity index (χ0) is 11.5. The number of methoxy groups -OCH3 is 2. The van der Waals surface area contributed by atoms with Gasteiger partial charge < -0.3 is 14.2 Å². The Kier molecular flexibility index (Phi) is 3.59. The summed E-state index contributed by atoms with van der Waals surface area (Å²) in [6.45, 7) is 0.725. The second kappa shape index (κ2) is 4.95. The molecule has 1 radical (unpaired) electrons. The topological polar surface area (TPSA) is 27.7 Å². The van der Waals surface area contributed by atoms with E-state index in [-0.39, 0.29) is 0 Å². The molecule has 0 aromatic heterocycles. The van der Waals surface area contributed by atoms with Gasteiger partial charge in [0.25, 0.3) is 0 Å². The highest BCUT2D eigenvalue weighted by Gasteiger charge is 2.24. The minimum absolute atomic E-state index is 0.639. The Morgan fingerprint density at radius 1 is 1.31 bits per heavy atom. The highest BCUT2D eigenvalue weighted by Crippen LogP contribution is 2.43. The molecule has 4 heteroatoms. The lowest BCUT2D eigenvalue weighted by Gasteiger charge is -2.14. The number of hydrogen-bond acceptors (Lipinski definition) is 3. The van der Waals surface area contributed by atoms with Crippen molar-refractivity contribution in [3.8, 4) is 17.2 Å². The summed E-state index contributed by atoms with van der Waals surface area (Å²) in [7, 11) is 3.22. The van der Waals surface area contributed by atoms with Crippen molar-refractivity contribution in [3.05, 3.63) is 16.6 Å². The SMILES string of the molecule is COc1c[c]c(Br)c(OC)c1OCC1CC1. The quantitative estimate of drug-likeness (QED) is 0.832. The molecule has 0 amide bonds. The average Bonchev–Trinajstić information content (AvgIpc) is 3.10. The van der Waals surface area contributed by atoms with Gasteiger partial charge in [-0.3, -0.25) is 0 Å². The lowest BCUT2D eigenvalue weighted by atomic mass is 10.3. The predicted molar refractivity (Wildman–Crippen MR) is 64.3 cm³/mol. The van der Waals surface area contributed by atoms with Crippen LogP contribution in [-0.2, 0) is 0 Å². The van der Waals surface area contributed by atoms with Crippen LogP contribution in [0.5, 0.6) is 17.2 Å². The molecule has 0 bridgehead atoms. The molecule has 1 fully saturated rings. The molecule has 1 saturated carbocycles. The van der Waals surface area contributed by atoms with E-state index < -0.39 is 0 Å². The van der Waals surface area contributed by atoms with Crippen LogP contribution in [0, 0.1) is 12.0 Å². The Morgan fingerprint density at radius 3 is 2.62 bits per heavy atom. The molecule has 87 valence electrons. The van der Waals surface area contributed by atoms with Gasteiger partial charge in [-0.2, -0.15) is 0 Å². The van der Waals surface area contributed by atoms with Gasteiger partial charge in [-0.1, -0.05) is 0 Å². The van der Waals surface area contributed by atoms with E-state index in [1.807, 2.05) is 0 Å². The van der Waals surface area contributed by atoms with Gasteiger partial charge in [0.2, 0.25) is 5.75 Å². The van der Waals surface area contributed by atoms with E-state index in [9.17, 15) is 0 Å². The molecular formula is C12H14BrO3. The molecule has 1 aliphatic carbocycles. The smallest absolute Gasteiger partial charge is 0.204 e. The van der Waals surface area contributed by atoms with E-state index >= 15 is 0 Å². The summed E-state index contributed by atoms with van der Waals surface area (Å²) in [5, 5.41) is 0. The molecule has 0 heterocycles. The predicted octanol–water partition coefficient (Wildman–Crippen LogP) is 3.06. The first-order valence-electron chi connectivity index (χ1n) is 5.21. The van der Waals surface area contributed by atoms with E-state index in [0.29, 0.717) is 23.2 Å². The van der Waals surface area contributed by atoms with Gasteiger partial charge in [0.1, 0.15) is 0 Å². The normalized spacial score (nSPS) is 14.7. The molecular weight excluding hydrogens is 272 g/mol. The molecule has 0 spiro atoms. The maximum absolute atomic E-state index is 5.75. The van der Waals surface area contributed by atoms with Crippen molar-refractivity contribution >= 4 is 15.9 Å². The lowest BCUT2D eigenvalue weighted by molar-refractivity contribution is 0.262. The Labute approximate surface area is 104 Å². The van der Waals surface area contributed by atoms with E-state index in [0.717, 1.165) is 11.1 Å². The van der Waals surface area contributed by atoms with Crippen molar-refractivity contribution in [2.24, 2.45) is 5.92 Å². The van der Waals surface area contributed by atoms with Gasteiger partial charge >= 0.3 is 0 Å². The van der Waals surface area contributed by atoms with Crippen LogP contribution in [0.15, 0.2) is 10.5 Å². The largest absolute Gasteiger partial charge is 0.493 e. The number of benzene rings is 1. The molecule has 16 heavy (non-hydrogen) atoms. The van der Waals surface area contributed by atoms with Gasteiger partial charge in [-0.05, 0) is 40.8 Å². The second-order valence-corrected chi connectivity index (χ2v) is 4.58. The highest BCUT2D eigenvalue weighted by atomic mass is 79.9. The second-order valence-electron chi connectivity index (χ2n) is 3.79. The third-order valence-electron chi connectivity index (χ3n) is 2.54. The minimum atomic E-state index is 0.639. The maximum atomic E-state index is 5.75. The van der Waals surface area contributed by atoms with Gasteiger partial charge in [-0.25, -0.2) is 0 Å². The molecule has 0 atom stereocenters. The van der Waals surface area contributed by atoms with Crippen molar-refractivity contribution in [1.82, 2.24) is 0 Å². The summed E-state index contributed by atoms with van der Waals surface area (Å²) in [6.07, 6.45) is 2.51. The highest BCUT2D eigenvalue weighted by molar-refractivity contribution is 9.10. The molecule has 0 aliphatic heterocycles. The third kappa shape index (κ3) is 2.43. The fraction of sp³-hybridized carbons (Fsp3) is 0.500. The molecule has 0 saturated heterocycles. The van der Waals surface area contributed by atoms with Crippen LogP contribution in [0.2, 0.25) is 0 Å². The van der Waals surface area contributed by atoms with Crippen molar-refractivity contribution in [2.75, 3.05) is 20.8 Å². The van der Waals surface area contributed by atoms with Crippen molar-refractivity contribution in [1.29, 1.82) is 0 Å². The number of hydrogen-bond donors (Lipinski definition) is 0. The van der Waals surface area contributed by atoms with E-state index in [1.54, 1.807) is 20.3 Å². The third-order valence-corrected chi connectivity index (χ3v) is 3.13. The summed E-state index contributed by atoms with van der Waals surface area (Å²) < 4.78 is 17.0. The van der Waals surface area contributed by atoms with E-state index in [4.69, 9.17) is 14.2 Å². The van der Waals surface area contributed by atoms with Crippen molar-refractivity contribution < 1.29 is 14.2 Å². The van der Waals surface area contributed by atoms with E-state index in [1.165, 1.54) is 12.8 Å². The first-order chi connectivity index (χ1) is 7.76. The molecule has 2 rings (SSSR count). The Morgan fingerprint density at radius 2 is 2.06 bits per heavy atom. The average molecular weight is 286 g/mol. The monoisotopic (exact) mass is 285 g/mol. The zero-order valence-electron chi connectivity index (χ0n) is 9.38. The number of halogens is 1. The number of rotatable bonds is 5. The van der Waals surface area contributed by atoms with Crippen molar-refractivity contribution in [3.63, 3.8) is 0 Å². The van der Waals surface area contributed by atoms with Crippen LogP contribution in [0.1, 0.15) is 12.8 Å². The lowest BCUT2D eigenvalue weighted by Crippen LogP contribution is -2.03. The van der Waals surface area contributed by atoms with Crippen molar-refractivity contribution in [2.45, 2.75) is 12.8 Å². The summed E-state index contributed by atoms with van der Waals surface area (Å²) in [5.74, 6) is 2.64. The fourth-order valence-electron chi connectivity index (χ4n) is 1.43. The van der Waals surface area contributed by atoms with Crippen LogP contribution >= 0.6 is 15.9 Å². The minimum Gasteiger partial charge on any atom is -0.493 e. The zero-order valence-corrected chi connectivity index (χ0v) is 11.0. The molecule has 1 aromatic rings. The van der Waals surface area contributed by atoms with E-state index in [2.05, 4.69) is 22.0 Å². The molecule has 1 aliphatic rings. The molecule has 0 unspecified atom stereocenters.